The van der Waals surface area contributed by atoms with Gasteiger partial charge in [-0.2, -0.15) is 0 Å². The predicted octanol–water partition coefficient (Wildman–Crippen LogP) is 15.5. The number of aromatic nitrogens is 5. The lowest BCUT2D eigenvalue weighted by atomic mass is 9.88. The molecule has 13 rings (SSSR count). The Bertz CT molecular complexity index is 4250. The van der Waals surface area contributed by atoms with Crippen LogP contribution in [0.1, 0.15) is 33.2 Å². The van der Waals surface area contributed by atoms with E-state index in [1.807, 2.05) is 128 Å². The third kappa shape index (κ3) is 7.36. The summed E-state index contributed by atoms with van der Waals surface area (Å²) in [6.07, 6.45) is -4.65. The van der Waals surface area contributed by atoms with Crippen molar-refractivity contribution in [3.63, 3.8) is 0 Å². The normalized spacial score (nSPS) is 14.3. The number of imidazole rings is 1. The summed E-state index contributed by atoms with van der Waals surface area (Å²) in [5.74, 6) is 0. The van der Waals surface area contributed by atoms with Crippen molar-refractivity contribution in [2.75, 3.05) is 0 Å². The third-order valence-corrected chi connectivity index (χ3v) is 13.0. The van der Waals surface area contributed by atoms with E-state index in [0.29, 0.717) is 28.1 Å². The molecule has 0 unspecified atom stereocenters. The zero-order valence-electron chi connectivity index (χ0n) is 45.1. The fraction of sp³-hybridized carbons (Fsp3) is 0.0625. The summed E-state index contributed by atoms with van der Waals surface area (Å²) in [4.78, 5) is 19.4. The molecule has 0 aliphatic rings. The lowest BCUT2D eigenvalue weighted by Gasteiger charge is -2.19. The van der Waals surface area contributed by atoms with Crippen molar-refractivity contribution in [3.05, 3.63) is 247 Å². The van der Waals surface area contributed by atoms with E-state index < -0.39 is 25.5 Å². The van der Waals surface area contributed by atoms with Crippen LogP contribution >= 0.6 is 0 Å². The second-order valence-electron chi connectivity index (χ2n) is 17.2. The predicted molar refractivity (Wildman–Crippen MR) is 285 cm³/mol. The molecule has 0 aliphatic carbocycles. The van der Waals surface area contributed by atoms with Crippen LogP contribution in [-0.2, 0) is 25.5 Å². The molecule has 5 heteroatoms. The average Bonchev–Trinajstić information content (AvgIpc) is 3.97. The minimum atomic E-state index is -2.83. The number of aryl methyl sites for hydroxylation is 4. The largest absolute Gasteiger partial charge is 0.289 e. The standard InChI is InChI=1S/C64H45N5/c1-4-14-46(15-5-1)49-30-31-54-56(37-49)64-68-41-60-53-22-12-13-23-55(53)62-63(69(60)64)61(54)57(40-67-62)52-21-11-10-20-51(52)50-35-44(26-24-42-28-32-58(65-38-42)47-16-6-2-7-17-47)34-45(36-50)27-25-43-29-33-59(66-39-43)48-18-8-3-9-19-48/h1-23,28-41H,24-27H2/i24D2,25D2,26D2,27D2. The Kier molecular flexibility index (Phi) is 8.14. The first-order valence-corrected chi connectivity index (χ1v) is 22.9. The van der Waals surface area contributed by atoms with Crippen molar-refractivity contribution in [1.82, 2.24) is 24.3 Å². The van der Waals surface area contributed by atoms with Gasteiger partial charge in [-0.15, -0.1) is 0 Å². The molecule has 0 bridgehead atoms. The number of hydrogen-bond acceptors (Lipinski definition) is 4. The Labute approximate surface area is 411 Å². The summed E-state index contributed by atoms with van der Waals surface area (Å²) in [5.41, 5.74) is 10.2. The minimum Gasteiger partial charge on any atom is -0.289 e. The summed E-state index contributed by atoms with van der Waals surface area (Å²) in [7, 11) is 0. The molecule has 6 heterocycles. The number of benzene rings is 7. The van der Waals surface area contributed by atoms with E-state index in [4.69, 9.17) is 9.97 Å². The molecule has 0 amide bonds. The van der Waals surface area contributed by atoms with E-state index in [-0.39, 0.29) is 22.3 Å². The molecule has 69 heavy (non-hydrogen) atoms. The number of nitrogens with zero attached hydrogens (tertiary/aromatic N) is 5. The maximum atomic E-state index is 9.80. The maximum absolute atomic E-state index is 9.80. The van der Waals surface area contributed by atoms with Gasteiger partial charge in [-0.05, 0) is 99.1 Å². The van der Waals surface area contributed by atoms with Gasteiger partial charge in [-0.25, -0.2) is 4.98 Å². The number of fused-ring (bicyclic) bond motifs is 6. The average molecular weight is 892 g/mol. The van der Waals surface area contributed by atoms with Gasteiger partial charge in [0.25, 0.3) is 0 Å². The van der Waals surface area contributed by atoms with E-state index in [2.05, 4.69) is 56.8 Å². The van der Waals surface area contributed by atoms with Crippen molar-refractivity contribution < 1.29 is 11.0 Å². The van der Waals surface area contributed by atoms with Crippen LogP contribution < -0.4 is 0 Å². The fourth-order valence-corrected chi connectivity index (χ4v) is 9.70. The second-order valence-corrected chi connectivity index (χ2v) is 17.2. The zero-order chi connectivity index (χ0) is 52.8. The van der Waals surface area contributed by atoms with E-state index in [1.54, 1.807) is 24.3 Å². The van der Waals surface area contributed by atoms with Gasteiger partial charge in [0.05, 0.1) is 34.1 Å². The Morgan fingerprint density at radius 2 is 0.913 bits per heavy atom. The van der Waals surface area contributed by atoms with Gasteiger partial charge in [0.15, 0.2) is 0 Å². The van der Waals surface area contributed by atoms with Crippen LogP contribution in [0.4, 0.5) is 0 Å². The quantitative estimate of drug-likeness (QED) is 0.0959. The highest BCUT2D eigenvalue weighted by Crippen LogP contribution is 2.45. The van der Waals surface area contributed by atoms with Crippen LogP contribution in [0.3, 0.4) is 0 Å². The maximum Gasteiger partial charge on any atom is 0.145 e. The third-order valence-electron chi connectivity index (χ3n) is 13.0. The fourth-order valence-electron chi connectivity index (χ4n) is 9.70. The molecule has 5 nitrogen and oxygen atoms in total. The van der Waals surface area contributed by atoms with Crippen LogP contribution in [0, 0.1) is 0 Å². The first kappa shape index (κ1) is 32.8. The van der Waals surface area contributed by atoms with Gasteiger partial charge in [0, 0.05) is 67.8 Å². The highest BCUT2D eigenvalue weighted by molar-refractivity contribution is 6.27. The summed E-state index contributed by atoms with van der Waals surface area (Å²) < 4.78 is 79.6. The van der Waals surface area contributed by atoms with E-state index in [1.165, 1.54) is 30.6 Å². The first-order chi connectivity index (χ1) is 37.2. The Morgan fingerprint density at radius 3 is 1.54 bits per heavy atom. The van der Waals surface area contributed by atoms with E-state index in [9.17, 15) is 11.0 Å². The van der Waals surface area contributed by atoms with E-state index >= 15 is 0 Å². The molecule has 326 valence electrons. The van der Waals surface area contributed by atoms with Crippen molar-refractivity contribution in [1.29, 1.82) is 0 Å². The van der Waals surface area contributed by atoms with Crippen molar-refractivity contribution in [2.24, 2.45) is 0 Å². The van der Waals surface area contributed by atoms with Crippen LogP contribution in [0.2, 0.25) is 0 Å². The van der Waals surface area contributed by atoms with Crippen molar-refractivity contribution in [3.8, 4) is 55.9 Å². The number of pyridine rings is 5. The summed E-state index contributed by atoms with van der Waals surface area (Å²) >= 11 is 0. The molecule has 0 radical (unpaired) electrons. The summed E-state index contributed by atoms with van der Waals surface area (Å²) in [5, 5.41) is 4.72. The second kappa shape index (κ2) is 17.1. The number of rotatable bonds is 11. The molecule has 6 aromatic heterocycles. The van der Waals surface area contributed by atoms with Gasteiger partial charge in [-0.3, -0.25) is 19.4 Å². The van der Waals surface area contributed by atoms with Gasteiger partial charge in [0.2, 0.25) is 0 Å². The molecule has 0 aliphatic heterocycles. The SMILES string of the molecule is [2H]C([2H])(c1ccc(-c2ccccc2)nc1)C([2H])([2H])c1cc(-c2ccccc2-c2cnc3c4ccccc4c4cnc5c6cc(-c7ccccc7)ccc6c2c3n45)cc(C([2H])([2H])C([2H])([2H])c2ccc(-c3ccccc3)nc2)c1. The minimum absolute atomic E-state index is 0.0226. The number of hydrogen-bond donors (Lipinski definition) is 0. The van der Waals surface area contributed by atoms with Gasteiger partial charge >= 0.3 is 0 Å². The Hall–Kier alpha value is -8.80. The lowest BCUT2D eigenvalue weighted by Crippen LogP contribution is -2.00. The highest BCUT2D eigenvalue weighted by Gasteiger charge is 2.23. The zero-order valence-corrected chi connectivity index (χ0v) is 37.1. The van der Waals surface area contributed by atoms with Gasteiger partial charge < -0.3 is 0 Å². The van der Waals surface area contributed by atoms with Gasteiger partial charge in [0.1, 0.15) is 5.65 Å². The topological polar surface area (TPSA) is 56.0 Å². The molecular weight excluding hydrogens is 839 g/mol. The van der Waals surface area contributed by atoms with Crippen LogP contribution in [0.25, 0.3) is 105 Å². The molecular formula is C64H45N5. The smallest absolute Gasteiger partial charge is 0.145 e. The molecule has 0 saturated heterocycles. The first-order valence-electron chi connectivity index (χ1n) is 26.9. The summed E-state index contributed by atoms with van der Waals surface area (Å²) in [6.45, 7) is 0. The highest BCUT2D eigenvalue weighted by atomic mass is 15.0. The Balaban J connectivity index is 1.03. The monoisotopic (exact) mass is 891 g/mol. The molecule has 0 atom stereocenters. The Morgan fingerprint density at radius 1 is 0.348 bits per heavy atom. The van der Waals surface area contributed by atoms with Crippen LogP contribution in [0.15, 0.2) is 225 Å². The van der Waals surface area contributed by atoms with Crippen LogP contribution in [-0.4, -0.2) is 24.3 Å². The molecule has 13 aromatic rings. The van der Waals surface area contributed by atoms with Crippen LogP contribution in [0.5, 0.6) is 0 Å². The van der Waals surface area contributed by atoms with E-state index in [0.717, 1.165) is 76.9 Å². The molecule has 0 spiro atoms. The summed E-state index contributed by atoms with van der Waals surface area (Å²) in [6, 6.07) is 62.1. The van der Waals surface area contributed by atoms with Crippen molar-refractivity contribution >= 4 is 49.1 Å². The van der Waals surface area contributed by atoms with Gasteiger partial charge in [-0.1, -0.05) is 182 Å². The molecule has 0 saturated carbocycles. The molecule has 7 aromatic carbocycles. The molecule has 0 N–H and O–H groups in total. The molecule has 0 fully saturated rings. The van der Waals surface area contributed by atoms with Crippen molar-refractivity contribution in [2.45, 2.75) is 25.5 Å². The lowest BCUT2D eigenvalue weighted by molar-refractivity contribution is 0.923.